The number of esters is 1. The smallest absolute Gasteiger partial charge is 0.425 e. The standard InChI is InChI=1S/C27H30N8O7/c1-14-4-5-17(25(37)35(21-8-9-42-34-21)27(39)41-13-40-26(38)16(3)29)10-20(14)33-23(31-12-28)22-15(2)19(11-30-22)24(36)32-18-6-7-18/h4-5,8-12,16,18,30H,6-7,13,29H2,1-3H3,(H,32,36)(H2,28,31,33). The number of H-pyrrole nitrogens is 1. The number of aliphatic imine (C=N–C) groups is 2. The molecule has 1 saturated carbocycles. The molecule has 4 rings (SSSR count). The van der Waals surface area contributed by atoms with Gasteiger partial charge in [0.15, 0.2) is 11.7 Å². The lowest BCUT2D eigenvalue weighted by Gasteiger charge is -2.18. The number of benzene rings is 1. The van der Waals surface area contributed by atoms with E-state index in [1.165, 1.54) is 31.4 Å². The van der Waals surface area contributed by atoms with Crippen LogP contribution in [0.5, 0.6) is 0 Å². The Morgan fingerprint density at radius 2 is 2.00 bits per heavy atom. The number of aromatic amines is 1. The van der Waals surface area contributed by atoms with Crippen LogP contribution in [0.15, 0.2) is 51.2 Å². The second-order valence-corrected chi connectivity index (χ2v) is 9.44. The number of rotatable bonds is 9. The van der Waals surface area contributed by atoms with Crippen molar-refractivity contribution in [3.8, 4) is 0 Å². The Morgan fingerprint density at radius 1 is 1.24 bits per heavy atom. The molecule has 1 aromatic carbocycles. The van der Waals surface area contributed by atoms with Gasteiger partial charge in [-0.3, -0.25) is 14.4 Å². The fraction of sp³-hybridized carbons (Fsp3) is 0.296. The minimum Gasteiger partial charge on any atom is -0.427 e. The summed E-state index contributed by atoms with van der Waals surface area (Å²) in [6, 6.07) is 5.09. The molecule has 2 aromatic heterocycles. The molecule has 1 atom stereocenters. The van der Waals surface area contributed by atoms with Gasteiger partial charge in [-0.2, -0.15) is 4.90 Å². The third-order valence-corrected chi connectivity index (χ3v) is 6.19. The van der Waals surface area contributed by atoms with E-state index in [0.717, 1.165) is 19.2 Å². The highest BCUT2D eigenvalue weighted by Gasteiger charge is 2.30. The van der Waals surface area contributed by atoms with Gasteiger partial charge in [0.1, 0.15) is 12.3 Å². The van der Waals surface area contributed by atoms with Crippen LogP contribution in [-0.4, -0.2) is 65.1 Å². The van der Waals surface area contributed by atoms with E-state index in [-0.39, 0.29) is 29.2 Å². The third-order valence-electron chi connectivity index (χ3n) is 6.19. The molecule has 1 unspecified atom stereocenters. The van der Waals surface area contributed by atoms with Gasteiger partial charge in [0, 0.05) is 23.9 Å². The van der Waals surface area contributed by atoms with Gasteiger partial charge in [-0.1, -0.05) is 11.2 Å². The van der Waals surface area contributed by atoms with E-state index in [1.807, 2.05) is 0 Å². The summed E-state index contributed by atoms with van der Waals surface area (Å²) in [7, 11) is 0. The summed E-state index contributed by atoms with van der Waals surface area (Å²) in [6.07, 6.45) is 4.53. The number of ether oxygens (including phenoxy) is 2. The van der Waals surface area contributed by atoms with Crippen LogP contribution in [0, 0.1) is 13.8 Å². The van der Waals surface area contributed by atoms with E-state index in [2.05, 4.69) is 25.4 Å². The maximum absolute atomic E-state index is 13.5. The normalized spacial score (nSPS) is 14.0. The molecule has 0 radical (unpaired) electrons. The summed E-state index contributed by atoms with van der Waals surface area (Å²) in [6.45, 7) is 4.15. The van der Waals surface area contributed by atoms with Crippen molar-refractivity contribution >= 4 is 47.6 Å². The van der Waals surface area contributed by atoms with Crippen molar-refractivity contribution < 1.29 is 33.2 Å². The molecule has 3 amide bonds. The minimum atomic E-state index is -1.18. The average Bonchev–Trinajstić information content (AvgIpc) is 3.44. The molecule has 3 aromatic rings. The molecule has 220 valence electrons. The van der Waals surface area contributed by atoms with Crippen molar-refractivity contribution in [2.45, 2.75) is 45.7 Å². The number of amidine groups is 1. The van der Waals surface area contributed by atoms with Crippen molar-refractivity contribution in [3.05, 3.63) is 64.7 Å². The summed E-state index contributed by atoms with van der Waals surface area (Å²) in [4.78, 5) is 63.0. The van der Waals surface area contributed by atoms with Crippen LogP contribution in [0.25, 0.3) is 0 Å². The number of imide groups is 1. The van der Waals surface area contributed by atoms with Crippen LogP contribution < -0.4 is 21.7 Å². The topological polar surface area (TPSA) is 221 Å². The largest absolute Gasteiger partial charge is 0.427 e. The van der Waals surface area contributed by atoms with Crippen molar-refractivity contribution in [2.24, 2.45) is 21.5 Å². The molecular formula is C27H30N8O7. The Hall–Kier alpha value is -5.31. The van der Waals surface area contributed by atoms with E-state index >= 15 is 0 Å². The first-order valence-electron chi connectivity index (χ1n) is 12.9. The summed E-state index contributed by atoms with van der Waals surface area (Å²) in [5.74, 6) is -1.84. The second kappa shape index (κ2) is 12.9. The monoisotopic (exact) mass is 578 g/mol. The molecule has 0 spiro atoms. The third kappa shape index (κ3) is 6.87. The molecule has 2 heterocycles. The number of amides is 3. The Kier molecular flexibility index (Phi) is 9.12. The highest BCUT2D eigenvalue weighted by Crippen LogP contribution is 2.26. The first kappa shape index (κ1) is 29.7. The van der Waals surface area contributed by atoms with Gasteiger partial charge in [0.25, 0.3) is 11.8 Å². The summed E-state index contributed by atoms with van der Waals surface area (Å²) >= 11 is 0. The fourth-order valence-electron chi connectivity index (χ4n) is 3.72. The molecule has 42 heavy (non-hydrogen) atoms. The second-order valence-electron chi connectivity index (χ2n) is 9.44. The van der Waals surface area contributed by atoms with Gasteiger partial charge in [0.05, 0.1) is 23.3 Å². The van der Waals surface area contributed by atoms with Crippen molar-refractivity contribution in [1.29, 1.82) is 0 Å². The van der Waals surface area contributed by atoms with Crippen molar-refractivity contribution in [1.82, 2.24) is 15.5 Å². The number of nitrogens with one attached hydrogen (secondary N) is 2. The number of aryl methyl sites for hydroxylation is 1. The first-order valence-corrected chi connectivity index (χ1v) is 12.9. The maximum Gasteiger partial charge on any atom is 0.425 e. The number of hydrogen-bond acceptors (Lipinski definition) is 10. The summed E-state index contributed by atoms with van der Waals surface area (Å²) in [5.41, 5.74) is 13.6. The molecule has 1 aliphatic rings. The van der Waals surface area contributed by atoms with Gasteiger partial charge in [-0.15, -0.1) is 0 Å². The lowest BCUT2D eigenvalue weighted by Crippen LogP contribution is -2.39. The van der Waals surface area contributed by atoms with E-state index in [9.17, 15) is 19.2 Å². The molecular weight excluding hydrogens is 548 g/mol. The minimum absolute atomic E-state index is 0.0376. The van der Waals surface area contributed by atoms with Crippen LogP contribution in [0.3, 0.4) is 0 Å². The summed E-state index contributed by atoms with van der Waals surface area (Å²) < 4.78 is 14.5. The van der Waals surface area contributed by atoms with E-state index in [0.29, 0.717) is 33.0 Å². The fourth-order valence-corrected chi connectivity index (χ4v) is 3.72. The number of carbonyl (C=O) groups is 4. The number of nitrogens with two attached hydrogens (primary N) is 2. The van der Waals surface area contributed by atoms with Crippen molar-refractivity contribution in [3.63, 3.8) is 0 Å². The van der Waals surface area contributed by atoms with E-state index in [1.54, 1.807) is 26.1 Å². The summed E-state index contributed by atoms with van der Waals surface area (Å²) in [5, 5.41) is 6.60. The quantitative estimate of drug-likeness (QED) is 0.125. The number of anilines is 1. The number of hydrogen-bond donors (Lipinski definition) is 4. The molecule has 15 nitrogen and oxygen atoms in total. The Labute approximate surface area is 239 Å². The SMILES string of the molecule is Cc1ccc(C(=O)N(C(=O)OCOC(=O)C(C)N)c2ccon2)cc1N=C(N=CN)c1[nH]cc(C(=O)NC2CC2)c1C. The van der Waals surface area contributed by atoms with Gasteiger partial charge in [0.2, 0.25) is 6.79 Å². The predicted octanol–water partition coefficient (Wildman–Crippen LogP) is 2.21. The molecule has 15 heteroatoms. The molecule has 0 saturated heterocycles. The number of nitrogens with zero attached hydrogens (tertiary/aromatic N) is 4. The molecule has 1 fully saturated rings. The lowest BCUT2D eigenvalue weighted by molar-refractivity contribution is -0.152. The molecule has 0 aliphatic heterocycles. The van der Waals surface area contributed by atoms with Gasteiger partial charge >= 0.3 is 12.1 Å². The van der Waals surface area contributed by atoms with Crippen LogP contribution >= 0.6 is 0 Å². The molecule has 6 N–H and O–H groups in total. The van der Waals surface area contributed by atoms with Gasteiger partial charge in [-0.25, -0.2) is 14.8 Å². The van der Waals surface area contributed by atoms with Gasteiger partial charge < -0.3 is 35.8 Å². The Bertz CT molecular complexity index is 1540. The zero-order chi connectivity index (χ0) is 30.4. The first-order chi connectivity index (χ1) is 20.1. The van der Waals surface area contributed by atoms with Crippen LogP contribution in [-0.2, 0) is 14.3 Å². The lowest BCUT2D eigenvalue weighted by atomic mass is 10.1. The number of carbonyl (C=O) groups excluding carboxylic acids is 4. The Morgan fingerprint density at radius 3 is 2.64 bits per heavy atom. The van der Waals surface area contributed by atoms with E-state index < -0.39 is 30.8 Å². The van der Waals surface area contributed by atoms with Crippen LogP contribution in [0.2, 0.25) is 0 Å². The highest BCUT2D eigenvalue weighted by atomic mass is 16.7. The van der Waals surface area contributed by atoms with E-state index in [4.69, 9.17) is 25.5 Å². The maximum atomic E-state index is 13.5. The molecule has 0 bridgehead atoms. The zero-order valence-corrected chi connectivity index (χ0v) is 23.1. The van der Waals surface area contributed by atoms with Gasteiger partial charge in [-0.05, 0) is 56.9 Å². The zero-order valence-electron chi connectivity index (χ0n) is 23.1. The predicted molar refractivity (Wildman–Crippen MR) is 150 cm³/mol. The Balaban J connectivity index is 1.62. The average molecular weight is 579 g/mol. The highest BCUT2D eigenvalue weighted by molar-refractivity contribution is 6.19. The number of aromatic nitrogens is 2. The van der Waals surface area contributed by atoms with Crippen molar-refractivity contribution in [2.75, 3.05) is 11.7 Å². The van der Waals surface area contributed by atoms with Crippen LogP contribution in [0.4, 0.5) is 16.3 Å². The van der Waals surface area contributed by atoms with Crippen LogP contribution in [0.1, 0.15) is 57.3 Å². The molecule has 1 aliphatic carbocycles.